The van der Waals surface area contributed by atoms with Crippen LogP contribution in [0.15, 0.2) is 191 Å². The quantitative estimate of drug-likeness (QED) is 0.0562. The molecule has 7 aromatic carbocycles. The van der Waals surface area contributed by atoms with Crippen molar-refractivity contribution >= 4 is 78.2 Å². The average Bonchev–Trinajstić information content (AvgIpc) is 3.38. The van der Waals surface area contributed by atoms with Crippen molar-refractivity contribution in [2.75, 3.05) is 13.2 Å². The van der Waals surface area contributed by atoms with Crippen LogP contribution in [0.3, 0.4) is 0 Å². The van der Waals surface area contributed by atoms with Crippen LogP contribution >= 0.6 is 46.4 Å². The van der Waals surface area contributed by atoms with Crippen molar-refractivity contribution < 1.29 is 9.47 Å². The van der Waals surface area contributed by atoms with Gasteiger partial charge in [-0.3, -0.25) is 0 Å². The first-order valence-electron chi connectivity index (χ1n) is 24.5. The van der Waals surface area contributed by atoms with E-state index in [-0.39, 0.29) is 0 Å². The molecule has 2 nitrogen and oxygen atoms in total. The molecule has 7 aromatic rings. The Hall–Kier alpha value is -4.04. The Labute approximate surface area is 414 Å². The summed E-state index contributed by atoms with van der Waals surface area (Å²) in [6.45, 7) is 10.5. The standard InChI is InChI=1S/C60H70Br2O2P2/c1-5-9-29-47(7-3)43-63-59-55(45-65(49-31-17-11-18-32-49,50-33-19-12-20-34-50)51-35-21-13-22-36-51)58(62)60(64-44-48(8-4)30-10-6-2)56(57(59)61)46-66(52-37-23-14-24-38-52,53-39-25-15-26-40-53)54-41-27-16-28-42-54/h11-28,31-42,47-48,65-66H,5-10,29-30,43-46H2,1-4H3. The third kappa shape index (κ3) is 11.3. The van der Waals surface area contributed by atoms with Crippen LogP contribution < -0.4 is 41.3 Å². The monoisotopic (exact) mass is 1040 g/mol. The van der Waals surface area contributed by atoms with E-state index in [0.717, 1.165) is 58.5 Å². The van der Waals surface area contributed by atoms with Crippen LogP contribution in [0, 0.1) is 11.8 Å². The van der Waals surface area contributed by atoms with Crippen LogP contribution in [0.25, 0.3) is 0 Å². The van der Waals surface area contributed by atoms with Crippen molar-refractivity contribution in [2.24, 2.45) is 11.8 Å². The molecule has 7 rings (SSSR count). The van der Waals surface area contributed by atoms with Crippen molar-refractivity contribution in [1.82, 2.24) is 0 Å². The predicted molar refractivity (Wildman–Crippen MR) is 300 cm³/mol. The predicted octanol–water partition coefficient (Wildman–Crippen LogP) is 14.9. The van der Waals surface area contributed by atoms with Crippen LogP contribution in [-0.2, 0) is 12.3 Å². The normalized spacial score (nSPS) is 13.2. The van der Waals surface area contributed by atoms with Gasteiger partial charge in [-0.15, -0.1) is 0 Å². The number of ether oxygens (including phenoxy) is 2. The van der Waals surface area contributed by atoms with Crippen LogP contribution in [0.1, 0.15) is 90.2 Å². The molecule has 0 aliphatic rings. The maximum atomic E-state index is 7.48. The van der Waals surface area contributed by atoms with Crippen molar-refractivity contribution in [3.63, 3.8) is 0 Å². The fourth-order valence-electron chi connectivity index (χ4n) is 10.0. The Bertz CT molecular complexity index is 2130. The van der Waals surface area contributed by atoms with Crippen LogP contribution in [0.4, 0.5) is 0 Å². The van der Waals surface area contributed by atoms with Crippen LogP contribution in [0.5, 0.6) is 11.5 Å². The van der Waals surface area contributed by atoms with Gasteiger partial charge < -0.3 is 0 Å². The van der Waals surface area contributed by atoms with Crippen LogP contribution in [0.2, 0.25) is 0 Å². The van der Waals surface area contributed by atoms with Gasteiger partial charge in [0.1, 0.15) is 0 Å². The summed E-state index contributed by atoms with van der Waals surface area (Å²) in [5.41, 5.74) is 2.34. The SMILES string of the molecule is CCCCC(CC)COc1c(Br)c(C[PH](c2ccccc2)(c2ccccc2)c2ccccc2)c(OCC(CC)CCCC)c(Br)c1C[PH](c1ccccc1)(c1ccccc1)c1ccccc1. The zero-order chi connectivity index (χ0) is 46.2. The van der Waals surface area contributed by atoms with E-state index < -0.39 is 14.5 Å². The van der Waals surface area contributed by atoms with Gasteiger partial charge in [0.05, 0.1) is 0 Å². The third-order valence-electron chi connectivity index (χ3n) is 14.0. The van der Waals surface area contributed by atoms with Gasteiger partial charge in [-0.1, -0.05) is 0 Å². The van der Waals surface area contributed by atoms with E-state index in [1.54, 1.807) is 0 Å². The number of halogens is 2. The maximum absolute atomic E-state index is 7.48. The van der Waals surface area contributed by atoms with Gasteiger partial charge in [-0.05, 0) is 0 Å². The molecule has 0 fully saturated rings. The first-order valence-corrected chi connectivity index (χ1v) is 30.5. The molecule has 0 saturated heterocycles. The summed E-state index contributed by atoms with van der Waals surface area (Å²) in [6, 6.07) is 67.7. The average molecular weight is 1040 g/mol. The Kier molecular flexibility index (Phi) is 18.8. The number of hydrogen-bond acceptors (Lipinski definition) is 2. The zero-order valence-corrected chi connectivity index (χ0v) is 44.7. The molecule has 0 radical (unpaired) electrons. The molecule has 6 heteroatoms. The molecular weight excluding hydrogens is 974 g/mol. The molecule has 66 heavy (non-hydrogen) atoms. The molecule has 0 spiro atoms. The van der Waals surface area contributed by atoms with Gasteiger partial charge in [-0.25, -0.2) is 0 Å². The molecule has 2 atom stereocenters. The van der Waals surface area contributed by atoms with Gasteiger partial charge >= 0.3 is 418 Å². The minimum absolute atomic E-state index is 0.442. The fraction of sp³-hybridized carbons (Fsp3) is 0.300. The van der Waals surface area contributed by atoms with Crippen molar-refractivity contribution in [3.05, 3.63) is 202 Å². The summed E-state index contributed by atoms with van der Waals surface area (Å²) < 4.78 is 17.0. The molecule has 0 aliphatic heterocycles. The van der Waals surface area contributed by atoms with E-state index >= 15 is 0 Å². The fourth-order valence-corrected chi connectivity index (χ4v) is 21.4. The van der Waals surface area contributed by atoms with E-state index in [0.29, 0.717) is 25.0 Å². The summed E-state index contributed by atoms with van der Waals surface area (Å²) in [5.74, 6) is 2.76. The summed E-state index contributed by atoms with van der Waals surface area (Å²) in [7, 11) is -5.66. The molecule has 0 N–H and O–H groups in total. The summed E-state index contributed by atoms with van der Waals surface area (Å²) in [4.78, 5) is 0. The van der Waals surface area contributed by atoms with Gasteiger partial charge in [0, 0.05) is 0 Å². The Balaban J connectivity index is 1.56. The molecule has 0 saturated carbocycles. The van der Waals surface area contributed by atoms with Crippen LogP contribution in [-0.4, -0.2) is 13.2 Å². The van der Waals surface area contributed by atoms with Crippen molar-refractivity contribution in [3.8, 4) is 11.5 Å². The second kappa shape index (κ2) is 24.8. The van der Waals surface area contributed by atoms with Gasteiger partial charge in [0.2, 0.25) is 0 Å². The van der Waals surface area contributed by atoms with Gasteiger partial charge in [0.25, 0.3) is 0 Å². The second-order valence-electron chi connectivity index (χ2n) is 18.1. The molecular formula is C60H70Br2O2P2. The first kappa shape index (κ1) is 49.9. The van der Waals surface area contributed by atoms with Crippen molar-refractivity contribution in [2.45, 2.75) is 91.4 Å². The Morgan fingerprint density at radius 2 is 0.621 bits per heavy atom. The number of rotatable bonds is 24. The molecule has 346 valence electrons. The van der Waals surface area contributed by atoms with Crippen molar-refractivity contribution in [1.29, 1.82) is 0 Å². The van der Waals surface area contributed by atoms with Gasteiger partial charge in [0.15, 0.2) is 0 Å². The first-order chi connectivity index (χ1) is 32.4. The minimum atomic E-state index is -2.83. The van der Waals surface area contributed by atoms with Gasteiger partial charge in [-0.2, -0.15) is 0 Å². The molecule has 2 unspecified atom stereocenters. The molecule has 0 aromatic heterocycles. The molecule has 0 amide bonds. The van der Waals surface area contributed by atoms with E-state index in [4.69, 9.17) is 9.47 Å². The second-order valence-corrected chi connectivity index (χ2v) is 27.4. The van der Waals surface area contributed by atoms with E-state index in [9.17, 15) is 0 Å². The van der Waals surface area contributed by atoms with E-state index in [2.05, 4.69) is 242 Å². The van der Waals surface area contributed by atoms with E-state index in [1.165, 1.54) is 68.6 Å². The number of benzene rings is 7. The number of unbranched alkanes of at least 4 members (excludes halogenated alkanes) is 2. The summed E-state index contributed by atoms with van der Waals surface area (Å²) in [6.07, 6.45) is 10.7. The topological polar surface area (TPSA) is 18.5 Å². The molecule has 0 aliphatic carbocycles. The molecule has 0 heterocycles. The Morgan fingerprint density at radius 3 is 0.833 bits per heavy atom. The summed E-state index contributed by atoms with van der Waals surface area (Å²) in [5, 5.41) is 8.20. The zero-order valence-electron chi connectivity index (χ0n) is 39.5. The van der Waals surface area contributed by atoms with E-state index in [1.807, 2.05) is 0 Å². The molecule has 0 bridgehead atoms. The summed E-state index contributed by atoms with van der Waals surface area (Å²) >= 11 is 8.93. The number of hydrogen-bond donors (Lipinski definition) is 0. The Morgan fingerprint density at radius 1 is 0.379 bits per heavy atom. The third-order valence-corrected chi connectivity index (χ3v) is 25.3.